The molecule has 55 heavy (non-hydrogen) atoms. The first kappa shape index (κ1) is 32.2. The van der Waals surface area contributed by atoms with Gasteiger partial charge in [-0.2, -0.15) is 0 Å². The lowest BCUT2D eigenvalue weighted by atomic mass is 9.96. The summed E-state index contributed by atoms with van der Waals surface area (Å²) in [6.07, 6.45) is 0. The second-order valence-electron chi connectivity index (χ2n) is 13.6. The number of benzene rings is 8. The number of fused-ring (bicyclic) bond motifs is 3. The highest BCUT2D eigenvalue weighted by Crippen LogP contribution is 2.39. The van der Waals surface area contributed by atoms with Crippen molar-refractivity contribution < 1.29 is 4.42 Å². The van der Waals surface area contributed by atoms with Crippen LogP contribution in [0.4, 0.5) is 0 Å². The van der Waals surface area contributed by atoms with Crippen molar-refractivity contribution in [1.82, 2.24) is 15.0 Å². The molecule has 0 saturated heterocycles. The molecule has 0 saturated carbocycles. The van der Waals surface area contributed by atoms with Crippen LogP contribution in [0.1, 0.15) is 0 Å². The van der Waals surface area contributed by atoms with Crippen LogP contribution in [-0.4, -0.2) is 15.0 Å². The summed E-state index contributed by atoms with van der Waals surface area (Å²) in [4.78, 5) is 15.0. The van der Waals surface area contributed by atoms with E-state index in [0.29, 0.717) is 17.5 Å². The van der Waals surface area contributed by atoms with Crippen molar-refractivity contribution in [3.05, 3.63) is 200 Å². The van der Waals surface area contributed by atoms with Gasteiger partial charge in [0.2, 0.25) is 0 Å². The molecule has 2 aromatic heterocycles. The van der Waals surface area contributed by atoms with Gasteiger partial charge >= 0.3 is 0 Å². The van der Waals surface area contributed by atoms with Crippen molar-refractivity contribution in [3.8, 4) is 78.7 Å². The predicted molar refractivity (Wildman–Crippen MR) is 225 cm³/mol. The zero-order valence-corrected chi connectivity index (χ0v) is 29.8. The number of rotatable bonds is 7. The Morgan fingerprint density at radius 1 is 0.273 bits per heavy atom. The van der Waals surface area contributed by atoms with E-state index in [1.807, 2.05) is 54.6 Å². The topological polar surface area (TPSA) is 51.8 Å². The molecule has 4 heteroatoms. The second-order valence-corrected chi connectivity index (χ2v) is 13.6. The Hall–Kier alpha value is -7.43. The highest BCUT2D eigenvalue weighted by molar-refractivity contribution is 6.13. The first-order valence-corrected chi connectivity index (χ1v) is 18.4. The minimum atomic E-state index is 0.586. The van der Waals surface area contributed by atoms with E-state index in [1.54, 1.807) is 0 Å². The molecule has 0 unspecified atom stereocenters. The zero-order valence-electron chi connectivity index (χ0n) is 29.8. The lowest BCUT2D eigenvalue weighted by Gasteiger charge is -2.10. The Morgan fingerprint density at radius 3 is 1.31 bits per heavy atom. The highest BCUT2D eigenvalue weighted by Gasteiger charge is 2.17. The van der Waals surface area contributed by atoms with E-state index < -0.39 is 0 Å². The van der Waals surface area contributed by atoms with Gasteiger partial charge in [-0.25, -0.2) is 15.0 Å². The van der Waals surface area contributed by atoms with Gasteiger partial charge in [-0.15, -0.1) is 0 Å². The summed E-state index contributed by atoms with van der Waals surface area (Å²) in [5.74, 6) is 1.81. The van der Waals surface area contributed by atoms with Gasteiger partial charge in [0.05, 0.1) is 0 Å². The first-order chi connectivity index (χ1) is 27.2. The molecule has 10 aromatic rings. The van der Waals surface area contributed by atoms with Crippen molar-refractivity contribution in [1.29, 1.82) is 0 Å². The smallest absolute Gasteiger partial charge is 0.164 e. The highest BCUT2D eigenvalue weighted by atomic mass is 16.3. The third kappa shape index (κ3) is 6.26. The van der Waals surface area contributed by atoms with E-state index in [4.69, 9.17) is 19.4 Å². The maximum absolute atomic E-state index is 6.52. The number of nitrogens with zero attached hydrogens (tertiary/aromatic N) is 3. The molecule has 4 nitrogen and oxygen atoms in total. The molecule has 0 aliphatic heterocycles. The van der Waals surface area contributed by atoms with Gasteiger partial charge in [-0.3, -0.25) is 0 Å². The van der Waals surface area contributed by atoms with E-state index in [0.717, 1.165) is 60.9 Å². The molecule has 10 rings (SSSR count). The van der Waals surface area contributed by atoms with Gasteiger partial charge in [-0.05, 0) is 68.8 Å². The molecule has 0 fully saturated rings. The Balaban J connectivity index is 1.02. The average molecular weight is 704 g/mol. The summed E-state index contributed by atoms with van der Waals surface area (Å²) >= 11 is 0. The fourth-order valence-electron chi connectivity index (χ4n) is 7.35. The van der Waals surface area contributed by atoms with Crippen molar-refractivity contribution in [2.75, 3.05) is 0 Å². The zero-order chi connectivity index (χ0) is 36.6. The summed E-state index contributed by atoms with van der Waals surface area (Å²) in [5, 5.41) is 2.14. The quantitative estimate of drug-likeness (QED) is 0.166. The van der Waals surface area contributed by atoms with Crippen LogP contribution in [0.15, 0.2) is 205 Å². The number of furan rings is 1. The Morgan fingerprint density at radius 2 is 0.691 bits per heavy atom. The number of aromatic nitrogens is 3. The predicted octanol–water partition coefficient (Wildman–Crippen LogP) is 13.4. The Bertz CT molecular complexity index is 2940. The van der Waals surface area contributed by atoms with Gasteiger partial charge in [-0.1, -0.05) is 176 Å². The molecule has 0 spiro atoms. The lowest BCUT2D eigenvalue weighted by Crippen LogP contribution is -2.00. The molecule has 0 amide bonds. The van der Waals surface area contributed by atoms with Crippen molar-refractivity contribution in [2.24, 2.45) is 0 Å². The second kappa shape index (κ2) is 13.8. The maximum Gasteiger partial charge on any atom is 0.164 e. The van der Waals surface area contributed by atoms with Gasteiger partial charge in [0.15, 0.2) is 17.5 Å². The molecule has 258 valence electrons. The Labute approximate surface area is 319 Å². The van der Waals surface area contributed by atoms with E-state index >= 15 is 0 Å². The fraction of sp³-hybridized carbons (Fsp3) is 0. The van der Waals surface area contributed by atoms with Crippen LogP contribution >= 0.6 is 0 Å². The van der Waals surface area contributed by atoms with Gasteiger partial charge in [0.1, 0.15) is 11.2 Å². The summed E-state index contributed by atoms with van der Waals surface area (Å²) in [6.45, 7) is 0. The van der Waals surface area contributed by atoms with Crippen LogP contribution in [0.25, 0.3) is 101 Å². The number of hydrogen-bond donors (Lipinski definition) is 0. The standard InChI is InChI=1S/C51H33N3O/c1-4-12-34(13-5-1)36-22-26-38(27-23-36)44-20-11-21-46-48(44)45-31-30-43(33-47(45)55-46)51-53-49(39-16-8-3-9-17-39)52-50(54-51)40-28-24-37(25-29-40)42-19-10-18-41(32-42)35-14-6-2-7-15-35/h1-33H. The monoisotopic (exact) mass is 703 g/mol. The molecular weight excluding hydrogens is 671 g/mol. The van der Waals surface area contributed by atoms with E-state index in [2.05, 4.69) is 146 Å². The molecule has 0 aliphatic rings. The van der Waals surface area contributed by atoms with Gasteiger partial charge in [0, 0.05) is 27.5 Å². The van der Waals surface area contributed by atoms with Crippen LogP contribution in [0.3, 0.4) is 0 Å². The van der Waals surface area contributed by atoms with Crippen LogP contribution in [0.5, 0.6) is 0 Å². The molecule has 0 N–H and O–H groups in total. The minimum Gasteiger partial charge on any atom is -0.456 e. The SMILES string of the molecule is c1ccc(-c2ccc(-c3cccc4oc5cc(-c6nc(-c7ccccc7)nc(-c7ccc(-c8cccc(-c9ccccc9)c8)cc7)n6)ccc5c34)cc2)cc1. The molecule has 0 aliphatic carbocycles. The van der Waals surface area contributed by atoms with Crippen LogP contribution in [0, 0.1) is 0 Å². The largest absolute Gasteiger partial charge is 0.456 e. The fourth-order valence-corrected chi connectivity index (χ4v) is 7.35. The molecule has 0 bridgehead atoms. The lowest BCUT2D eigenvalue weighted by molar-refractivity contribution is 0.669. The van der Waals surface area contributed by atoms with Crippen LogP contribution in [-0.2, 0) is 0 Å². The molecular formula is C51H33N3O. The summed E-state index contributed by atoms with van der Waals surface area (Å²) < 4.78 is 6.52. The molecule has 0 radical (unpaired) electrons. The number of hydrogen-bond acceptors (Lipinski definition) is 4. The van der Waals surface area contributed by atoms with Gasteiger partial charge in [0.25, 0.3) is 0 Å². The normalized spacial score (nSPS) is 11.3. The maximum atomic E-state index is 6.52. The summed E-state index contributed by atoms with van der Waals surface area (Å²) in [5.41, 5.74) is 13.6. The third-order valence-electron chi connectivity index (χ3n) is 10.2. The van der Waals surface area contributed by atoms with E-state index in [9.17, 15) is 0 Å². The minimum absolute atomic E-state index is 0.586. The third-order valence-corrected chi connectivity index (χ3v) is 10.2. The van der Waals surface area contributed by atoms with Crippen molar-refractivity contribution >= 4 is 21.9 Å². The molecule has 0 atom stereocenters. The summed E-state index contributed by atoms with van der Waals surface area (Å²) in [6, 6.07) is 69.4. The summed E-state index contributed by atoms with van der Waals surface area (Å²) in [7, 11) is 0. The average Bonchev–Trinajstić information content (AvgIpc) is 3.66. The van der Waals surface area contributed by atoms with Gasteiger partial charge < -0.3 is 4.42 Å². The van der Waals surface area contributed by atoms with E-state index in [1.165, 1.54) is 22.3 Å². The molecule has 2 heterocycles. The molecule has 8 aromatic carbocycles. The van der Waals surface area contributed by atoms with Crippen molar-refractivity contribution in [3.63, 3.8) is 0 Å². The first-order valence-electron chi connectivity index (χ1n) is 18.4. The Kier molecular flexibility index (Phi) is 8.12. The van der Waals surface area contributed by atoms with Crippen molar-refractivity contribution in [2.45, 2.75) is 0 Å². The van der Waals surface area contributed by atoms with Crippen LogP contribution in [0.2, 0.25) is 0 Å². The van der Waals surface area contributed by atoms with E-state index in [-0.39, 0.29) is 0 Å². The van der Waals surface area contributed by atoms with Crippen LogP contribution < -0.4 is 0 Å².